The fraction of sp³-hybridized carbons (Fsp3) is 0.500. The van der Waals surface area contributed by atoms with Crippen LogP contribution >= 0.6 is 0 Å². The van der Waals surface area contributed by atoms with Gasteiger partial charge in [-0.3, -0.25) is 20.2 Å². The lowest BCUT2D eigenvalue weighted by atomic mass is 10.2. The first kappa shape index (κ1) is 17.7. The molecule has 8 heteroatoms. The fourth-order valence-corrected chi connectivity index (χ4v) is 2.67. The lowest BCUT2D eigenvalue weighted by molar-refractivity contribution is -0.385. The standard InChI is InChI=1S/C16H21N3O5/c1-10-9-13(7-8-14(10)19(22)23)24-11(2)15(20)18-16(21)17-12-5-3-4-6-12/h7-9,11-12H,3-6H2,1-2H3,(H2,17,18,20,21)/t11-/m0/s1. The maximum atomic E-state index is 12.0. The number of nitro benzene ring substituents is 1. The number of ether oxygens (including phenoxy) is 1. The molecule has 2 N–H and O–H groups in total. The number of urea groups is 1. The number of nitrogens with one attached hydrogen (secondary N) is 2. The van der Waals surface area contributed by atoms with Crippen molar-refractivity contribution in [3.63, 3.8) is 0 Å². The van der Waals surface area contributed by atoms with Crippen LogP contribution < -0.4 is 15.4 Å². The first-order chi connectivity index (χ1) is 11.4. The number of rotatable bonds is 5. The maximum absolute atomic E-state index is 12.0. The molecule has 0 aliphatic heterocycles. The van der Waals surface area contributed by atoms with Gasteiger partial charge in [0.25, 0.3) is 11.6 Å². The summed E-state index contributed by atoms with van der Waals surface area (Å²) in [6, 6.07) is 3.82. The van der Waals surface area contributed by atoms with Crippen molar-refractivity contribution in [3.8, 4) is 5.75 Å². The van der Waals surface area contributed by atoms with Gasteiger partial charge in [0, 0.05) is 17.7 Å². The van der Waals surface area contributed by atoms with E-state index in [1.54, 1.807) is 6.92 Å². The van der Waals surface area contributed by atoms with Crippen LogP contribution in [0.1, 0.15) is 38.2 Å². The molecule has 0 radical (unpaired) electrons. The minimum atomic E-state index is -0.903. The first-order valence-corrected chi connectivity index (χ1v) is 7.90. The molecular weight excluding hydrogens is 314 g/mol. The second kappa shape index (κ2) is 7.76. The molecule has 3 amide bonds. The van der Waals surface area contributed by atoms with E-state index in [0.29, 0.717) is 11.3 Å². The summed E-state index contributed by atoms with van der Waals surface area (Å²) in [6.07, 6.45) is 3.11. The summed E-state index contributed by atoms with van der Waals surface area (Å²) < 4.78 is 5.45. The third-order valence-electron chi connectivity index (χ3n) is 3.97. The van der Waals surface area contributed by atoms with Gasteiger partial charge in [-0.05, 0) is 38.8 Å². The normalized spacial score (nSPS) is 15.6. The Bertz CT molecular complexity index is 641. The van der Waals surface area contributed by atoms with E-state index in [1.807, 2.05) is 0 Å². The van der Waals surface area contributed by atoms with Crippen molar-refractivity contribution >= 4 is 17.6 Å². The molecular formula is C16H21N3O5. The van der Waals surface area contributed by atoms with Gasteiger partial charge in [0.2, 0.25) is 0 Å². The second-order valence-corrected chi connectivity index (χ2v) is 5.91. The number of imide groups is 1. The molecule has 24 heavy (non-hydrogen) atoms. The summed E-state index contributed by atoms with van der Waals surface area (Å²) >= 11 is 0. The Balaban J connectivity index is 1.87. The Morgan fingerprint density at radius 3 is 2.58 bits per heavy atom. The molecule has 1 aliphatic rings. The minimum Gasteiger partial charge on any atom is -0.481 e. The fourth-order valence-electron chi connectivity index (χ4n) is 2.67. The molecule has 130 valence electrons. The van der Waals surface area contributed by atoms with Crippen molar-refractivity contribution in [1.82, 2.24) is 10.6 Å². The molecule has 1 aromatic carbocycles. The summed E-state index contributed by atoms with van der Waals surface area (Å²) in [5, 5.41) is 15.8. The van der Waals surface area contributed by atoms with E-state index in [9.17, 15) is 19.7 Å². The number of benzene rings is 1. The Kier molecular flexibility index (Phi) is 5.73. The molecule has 2 rings (SSSR count). The smallest absolute Gasteiger partial charge is 0.321 e. The van der Waals surface area contributed by atoms with Gasteiger partial charge in [-0.2, -0.15) is 0 Å². The zero-order valence-corrected chi connectivity index (χ0v) is 13.7. The SMILES string of the molecule is Cc1cc(O[C@@H](C)C(=O)NC(=O)NC2CCCC2)ccc1[N+](=O)[O-]. The first-order valence-electron chi connectivity index (χ1n) is 7.90. The Morgan fingerprint density at radius 1 is 1.33 bits per heavy atom. The largest absolute Gasteiger partial charge is 0.481 e. The van der Waals surface area contributed by atoms with Crippen LogP contribution in [0.2, 0.25) is 0 Å². The molecule has 8 nitrogen and oxygen atoms in total. The third-order valence-corrected chi connectivity index (χ3v) is 3.97. The van der Waals surface area contributed by atoms with Gasteiger partial charge in [-0.15, -0.1) is 0 Å². The number of carbonyl (C=O) groups is 2. The summed E-state index contributed by atoms with van der Waals surface area (Å²) in [5.41, 5.74) is 0.416. The molecule has 0 heterocycles. The number of amides is 3. The molecule has 1 aromatic rings. The number of hydrogen-bond acceptors (Lipinski definition) is 5. The van der Waals surface area contributed by atoms with Gasteiger partial charge < -0.3 is 10.1 Å². The van der Waals surface area contributed by atoms with Crippen LogP contribution in [0.4, 0.5) is 10.5 Å². The van der Waals surface area contributed by atoms with Crippen LogP contribution in [0.5, 0.6) is 5.75 Å². The van der Waals surface area contributed by atoms with Crippen LogP contribution in [0.25, 0.3) is 0 Å². The summed E-state index contributed by atoms with van der Waals surface area (Å²) in [4.78, 5) is 34.1. The van der Waals surface area contributed by atoms with Crippen molar-refractivity contribution in [3.05, 3.63) is 33.9 Å². The number of aryl methyl sites for hydroxylation is 1. The Morgan fingerprint density at radius 2 is 2.00 bits per heavy atom. The zero-order chi connectivity index (χ0) is 17.7. The van der Waals surface area contributed by atoms with E-state index in [1.165, 1.54) is 25.1 Å². The second-order valence-electron chi connectivity index (χ2n) is 5.91. The zero-order valence-electron chi connectivity index (χ0n) is 13.7. The molecule has 1 fully saturated rings. The molecule has 0 bridgehead atoms. The van der Waals surface area contributed by atoms with E-state index in [0.717, 1.165) is 25.7 Å². The summed E-state index contributed by atoms with van der Waals surface area (Å²) in [6.45, 7) is 3.10. The van der Waals surface area contributed by atoms with E-state index in [4.69, 9.17) is 4.74 Å². The Hall–Kier alpha value is -2.64. The predicted octanol–water partition coefficient (Wildman–Crippen LogP) is 2.44. The van der Waals surface area contributed by atoms with Crippen molar-refractivity contribution in [2.75, 3.05) is 0 Å². The lowest BCUT2D eigenvalue weighted by Gasteiger charge is -2.16. The molecule has 1 saturated carbocycles. The predicted molar refractivity (Wildman–Crippen MR) is 86.9 cm³/mol. The number of nitrogens with zero attached hydrogens (tertiary/aromatic N) is 1. The van der Waals surface area contributed by atoms with Gasteiger partial charge in [0.05, 0.1) is 4.92 Å². The van der Waals surface area contributed by atoms with E-state index in [-0.39, 0.29) is 11.7 Å². The van der Waals surface area contributed by atoms with Crippen LogP contribution in [-0.4, -0.2) is 29.0 Å². The summed E-state index contributed by atoms with van der Waals surface area (Å²) in [5.74, 6) is -0.238. The molecule has 0 saturated heterocycles. The van der Waals surface area contributed by atoms with E-state index in [2.05, 4.69) is 10.6 Å². The van der Waals surface area contributed by atoms with Crippen LogP contribution in [0, 0.1) is 17.0 Å². The molecule has 1 atom stereocenters. The van der Waals surface area contributed by atoms with Gasteiger partial charge in [0.1, 0.15) is 5.75 Å². The average Bonchev–Trinajstić information content (AvgIpc) is 2.99. The summed E-state index contributed by atoms with van der Waals surface area (Å²) in [7, 11) is 0. The van der Waals surface area contributed by atoms with Crippen molar-refractivity contribution < 1.29 is 19.2 Å². The van der Waals surface area contributed by atoms with Crippen molar-refractivity contribution in [2.24, 2.45) is 0 Å². The number of nitro groups is 1. The van der Waals surface area contributed by atoms with Crippen LogP contribution in [0.3, 0.4) is 0 Å². The highest BCUT2D eigenvalue weighted by atomic mass is 16.6. The molecule has 0 unspecified atom stereocenters. The highest BCUT2D eigenvalue weighted by molar-refractivity contribution is 5.96. The van der Waals surface area contributed by atoms with Crippen molar-refractivity contribution in [2.45, 2.75) is 51.7 Å². The number of carbonyl (C=O) groups excluding carboxylic acids is 2. The molecule has 0 spiro atoms. The van der Waals surface area contributed by atoms with Crippen LogP contribution in [-0.2, 0) is 4.79 Å². The minimum absolute atomic E-state index is 0.0182. The van der Waals surface area contributed by atoms with Gasteiger partial charge in [-0.1, -0.05) is 12.8 Å². The van der Waals surface area contributed by atoms with Crippen molar-refractivity contribution in [1.29, 1.82) is 0 Å². The van der Waals surface area contributed by atoms with Gasteiger partial charge >= 0.3 is 6.03 Å². The van der Waals surface area contributed by atoms with Gasteiger partial charge in [-0.25, -0.2) is 4.79 Å². The van der Waals surface area contributed by atoms with Gasteiger partial charge in [0.15, 0.2) is 6.10 Å². The Labute approximate surface area is 139 Å². The van der Waals surface area contributed by atoms with E-state index >= 15 is 0 Å². The van der Waals surface area contributed by atoms with E-state index < -0.39 is 23.0 Å². The third kappa shape index (κ3) is 4.68. The average molecular weight is 335 g/mol. The quantitative estimate of drug-likeness (QED) is 0.634. The highest BCUT2D eigenvalue weighted by Gasteiger charge is 2.22. The molecule has 0 aromatic heterocycles. The lowest BCUT2D eigenvalue weighted by Crippen LogP contribution is -2.47. The number of hydrogen-bond donors (Lipinski definition) is 2. The topological polar surface area (TPSA) is 111 Å². The maximum Gasteiger partial charge on any atom is 0.321 e. The van der Waals surface area contributed by atoms with Crippen LogP contribution in [0.15, 0.2) is 18.2 Å². The molecule has 1 aliphatic carbocycles. The monoisotopic (exact) mass is 335 g/mol. The highest BCUT2D eigenvalue weighted by Crippen LogP contribution is 2.23.